The molecular weight excluding hydrogens is 314 g/mol. The Morgan fingerprint density at radius 1 is 1.47 bits per heavy atom. The molecule has 0 spiro atoms. The number of rotatable bonds is 4. The van der Waals surface area contributed by atoms with Crippen LogP contribution in [0.4, 0.5) is 5.69 Å². The van der Waals surface area contributed by atoms with E-state index in [1.807, 2.05) is 0 Å². The van der Waals surface area contributed by atoms with E-state index in [2.05, 4.69) is 20.7 Å². The van der Waals surface area contributed by atoms with Crippen LogP contribution in [-0.2, 0) is 14.9 Å². The third-order valence-corrected chi connectivity index (χ3v) is 3.18. The van der Waals surface area contributed by atoms with Crippen molar-refractivity contribution in [2.24, 2.45) is 0 Å². The van der Waals surface area contributed by atoms with E-state index in [1.54, 1.807) is 0 Å². The van der Waals surface area contributed by atoms with Crippen molar-refractivity contribution >= 4 is 37.7 Å². The van der Waals surface area contributed by atoms with Crippen LogP contribution in [0.2, 0.25) is 0 Å². The summed E-state index contributed by atoms with van der Waals surface area (Å²) in [5.41, 5.74) is 6.24. The maximum Gasteiger partial charge on any atom is 0.338 e. The van der Waals surface area contributed by atoms with Gasteiger partial charge in [-0.15, -0.1) is 0 Å². The second-order valence-electron chi connectivity index (χ2n) is 3.16. The van der Waals surface area contributed by atoms with Crippen LogP contribution < -0.4 is 5.73 Å². The summed E-state index contributed by atoms with van der Waals surface area (Å²) in [6.07, 6.45) is 0. The first-order chi connectivity index (χ1) is 7.79. The number of ether oxygens (including phenoxy) is 1. The lowest BCUT2D eigenvalue weighted by Gasteiger charge is -2.05. The zero-order chi connectivity index (χ0) is 13.1. The van der Waals surface area contributed by atoms with Gasteiger partial charge in [-0.25, -0.2) is 4.79 Å². The first kappa shape index (κ1) is 13.9. The average Bonchev–Trinajstić information content (AvgIpc) is 2.20. The molecule has 0 amide bonds. The third-order valence-electron chi connectivity index (χ3n) is 1.81. The van der Waals surface area contributed by atoms with Gasteiger partial charge in [-0.3, -0.25) is 4.55 Å². The Labute approximate surface area is 107 Å². The molecule has 0 aromatic heterocycles. The van der Waals surface area contributed by atoms with E-state index in [1.165, 1.54) is 18.2 Å². The fraction of sp³-hybridized carbons (Fsp3) is 0.222. The van der Waals surface area contributed by atoms with Crippen molar-refractivity contribution in [1.82, 2.24) is 0 Å². The molecule has 0 aliphatic carbocycles. The predicted octanol–water partition coefficient (Wildman–Crippen LogP) is 1.08. The predicted molar refractivity (Wildman–Crippen MR) is 65.3 cm³/mol. The van der Waals surface area contributed by atoms with Crippen molar-refractivity contribution in [3.63, 3.8) is 0 Å². The van der Waals surface area contributed by atoms with Crippen molar-refractivity contribution in [2.45, 2.75) is 0 Å². The lowest BCUT2D eigenvalue weighted by molar-refractivity contribution is 0.0528. The largest absolute Gasteiger partial charge is 0.461 e. The van der Waals surface area contributed by atoms with Gasteiger partial charge in [0.15, 0.2) is 0 Å². The van der Waals surface area contributed by atoms with Gasteiger partial charge >= 0.3 is 5.97 Å². The normalized spacial score (nSPS) is 11.2. The van der Waals surface area contributed by atoms with E-state index in [9.17, 15) is 13.2 Å². The van der Waals surface area contributed by atoms with Gasteiger partial charge in [0.25, 0.3) is 10.1 Å². The summed E-state index contributed by atoms with van der Waals surface area (Å²) >= 11 is 3.15. The van der Waals surface area contributed by atoms with Gasteiger partial charge < -0.3 is 10.5 Å². The van der Waals surface area contributed by atoms with Gasteiger partial charge in [0.2, 0.25) is 0 Å². The van der Waals surface area contributed by atoms with E-state index in [0.717, 1.165) is 0 Å². The molecule has 0 fully saturated rings. The maximum atomic E-state index is 11.4. The van der Waals surface area contributed by atoms with Gasteiger partial charge in [0.05, 0.1) is 5.56 Å². The molecule has 0 saturated carbocycles. The second-order valence-corrected chi connectivity index (χ2v) is 5.58. The highest BCUT2D eigenvalue weighted by atomic mass is 79.9. The Balaban J connectivity index is 2.61. The number of nitrogen functional groups attached to an aromatic ring is 1. The Morgan fingerprint density at radius 2 is 2.12 bits per heavy atom. The highest BCUT2D eigenvalue weighted by Gasteiger charge is 2.11. The van der Waals surface area contributed by atoms with Crippen molar-refractivity contribution in [1.29, 1.82) is 0 Å². The molecule has 0 heterocycles. The highest BCUT2D eigenvalue weighted by molar-refractivity contribution is 9.10. The van der Waals surface area contributed by atoms with Crippen molar-refractivity contribution in [2.75, 3.05) is 18.1 Å². The Bertz CT molecular complexity index is 528. The van der Waals surface area contributed by atoms with Crippen LogP contribution in [0, 0.1) is 0 Å². The summed E-state index contributed by atoms with van der Waals surface area (Å²) in [6.45, 7) is -0.403. The van der Waals surface area contributed by atoms with E-state index >= 15 is 0 Å². The summed E-state index contributed by atoms with van der Waals surface area (Å²) in [5.74, 6) is -1.32. The molecule has 8 heteroatoms. The smallest absolute Gasteiger partial charge is 0.338 e. The lowest BCUT2D eigenvalue weighted by Crippen LogP contribution is -2.14. The van der Waals surface area contributed by atoms with Gasteiger partial charge in [-0.2, -0.15) is 8.42 Å². The Hall–Kier alpha value is -1.12. The molecule has 0 saturated heterocycles. The SMILES string of the molecule is Nc1ccc(C(=O)OCCS(=O)(=O)O)cc1Br. The molecule has 94 valence electrons. The van der Waals surface area contributed by atoms with Gasteiger partial charge in [-0.1, -0.05) is 0 Å². The molecule has 0 aliphatic rings. The summed E-state index contributed by atoms with van der Waals surface area (Å²) in [6, 6.07) is 4.43. The monoisotopic (exact) mass is 323 g/mol. The minimum absolute atomic E-state index is 0.237. The fourth-order valence-corrected chi connectivity index (χ4v) is 1.65. The topological polar surface area (TPSA) is 107 Å². The van der Waals surface area contributed by atoms with Crippen molar-refractivity contribution in [3.05, 3.63) is 28.2 Å². The molecule has 1 rings (SSSR count). The summed E-state index contributed by atoms with van der Waals surface area (Å²) in [7, 11) is -4.12. The van der Waals surface area contributed by atoms with Crippen LogP contribution in [0.5, 0.6) is 0 Å². The van der Waals surface area contributed by atoms with E-state index in [4.69, 9.17) is 10.3 Å². The molecule has 6 nitrogen and oxygen atoms in total. The van der Waals surface area contributed by atoms with Gasteiger partial charge in [0, 0.05) is 10.2 Å². The minimum atomic E-state index is -4.12. The Morgan fingerprint density at radius 3 is 2.65 bits per heavy atom. The molecule has 3 N–H and O–H groups in total. The van der Waals surface area contributed by atoms with Crippen LogP contribution in [0.3, 0.4) is 0 Å². The number of hydrogen-bond acceptors (Lipinski definition) is 5. The lowest BCUT2D eigenvalue weighted by atomic mass is 10.2. The average molecular weight is 324 g/mol. The fourth-order valence-electron chi connectivity index (χ4n) is 0.977. The van der Waals surface area contributed by atoms with Crippen molar-refractivity contribution in [3.8, 4) is 0 Å². The highest BCUT2D eigenvalue weighted by Crippen LogP contribution is 2.20. The number of halogens is 1. The molecule has 0 unspecified atom stereocenters. The van der Waals surface area contributed by atoms with E-state index in [-0.39, 0.29) is 5.56 Å². The van der Waals surface area contributed by atoms with E-state index < -0.39 is 28.4 Å². The van der Waals surface area contributed by atoms with Gasteiger partial charge in [0.1, 0.15) is 12.4 Å². The van der Waals surface area contributed by atoms with Crippen molar-refractivity contribution < 1.29 is 22.5 Å². The molecule has 0 radical (unpaired) electrons. The minimum Gasteiger partial charge on any atom is -0.461 e. The number of anilines is 1. The molecule has 1 aromatic rings. The summed E-state index contributed by atoms with van der Waals surface area (Å²) in [4.78, 5) is 11.4. The number of nitrogens with two attached hydrogens (primary N) is 1. The molecule has 17 heavy (non-hydrogen) atoms. The summed E-state index contributed by atoms with van der Waals surface area (Å²) < 4.78 is 34.4. The number of carbonyl (C=O) groups excluding carboxylic acids is 1. The molecular formula is C9H10BrNO5S. The quantitative estimate of drug-likeness (QED) is 0.487. The molecule has 1 aromatic carbocycles. The van der Waals surface area contributed by atoms with Crippen LogP contribution in [-0.4, -0.2) is 31.3 Å². The van der Waals surface area contributed by atoms with E-state index in [0.29, 0.717) is 10.2 Å². The Kier molecular flexibility index (Phi) is 4.49. The summed E-state index contributed by atoms with van der Waals surface area (Å²) in [5, 5.41) is 0. The van der Waals surface area contributed by atoms with Crippen LogP contribution >= 0.6 is 15.9 Å². The zero-order valence-corrected chi connectivity index (χ0v) is 11.0. The molecule has 0 atom stereocenters. The molecule has 0 bridgehead atoms. The molecule has 0 aliphatic heterocycles. The van der Waals surface area contributed by atoms with Crippen LogP contribution in [0.1, 0.15) is 10.4 Å². The van der Waals surface area contributed by atoms with Gasteiger partial charge in [-0.05, 0) is 34.1 Å². The maximum absolute atomic E-state index is 11.4. The first-order valence-electron chi connectivity index (χ1n) is 4.47. The zero-order valence-electron chi connectivity index (χ0n) is 8.59. The van der Waals surface area contributed by atoms with Crippen LogP contribution in [0.25, 0.3) is 0 Å². The number of hydrogen-bond donors (Lipinski definition) is 2. The first-order valence-corrected chi connectivity index (χ1v) is 6.87. The number of benzene rings is 1. The number of carbonyl (C=O) groups is 1. The number of esters is 1. The standard InChI is InChI=1S/C9H10BrNO5S/c10-7-5-6(1-2-8(7)11)9(12)16-3-4-17(13,14)15/h1-2,5H,3-4,11H2,(H,13,14,15). The second kappa shape index (κ2) is 5.48. The third kappa shape index (κ3) is 4.72. The van der Waals surface area contributed by atoms with Crippen LogP contribution in [0.15, 0.2) is 22.7 Å².